The average Bonchev–Trinajstić information content (AvgIpc) is 3.19. The first kappa shape index (κ1) is 25.2. The van der Waals surface area contributed by atoms with E-state index in [-0.39, 0.29) is 44.7 Å². The maximum atomic E-state index is 13.9. The maximum Gasteiger partial charge on any atom is 0.417 e. The lowest BCUT2D eigenvalue weighted by Gasteiger charge is -2.26. The molecule has 0 radical (unpaired) electrons. The van der Waals surface area contributed by atoms with Gasteiger partial charge in [0.05, 0.1) is 21.6 Å². The molecule has 1 aliphatic rings. The van der Waals surface area contributed by atoms with Gasteiger partial charge in [-0.25, -0.2) is 18.2 Å². The van der Waals surface area contributed by atoms with Crippen molar-refractivity contribution in [3.05, 3.63) is 47.0 Å². The number of hydrogen-bond donors (Lipinski definition) is 5. The molecule has 1 aromatic heterocycles. The zero-order valence-electron chi connectivity index (χ0n) is 18.1. The Morgan fingerprint density at radius 1 is 1.11 bits per heavy atom. The van der Waals surface area contributed by atoms with Crippen LogP contribution < -0.4 is 15.8 Å². The van der Waals surface area contributed by atoms with Crippen LogP contribution in [-0.2, 0) is 16.2 Å². The number of hydrogen-bond acceptors (Lipinski definition) is 7. The number of nitrogen functional groups attached to an aromatic ring is 1. The number of H-pyrrole nitrogens is 1. The minimum atomic E-state index is -4.76. The number of aromatic nitrogens is 3. The fourth-order valence-corrected chi connectivity index (χ4v) is 5.57. The molecule has 0 amide bonds. The second-order valence-corrected chi connectivity index (χ2v) is 10.3. The number of alkyl halides is 3. The smallest absolute Gasteiger partial charge is 0.393 e. The highest BCUT2D eigenvalue weighted by Crippen LogP contribution is 2.43. The maximum absolute atomic E-state index is 13.9. The van der Waals surface area contributed by atoms with Crippen LogP contribution in [0.15, 0.2) is 41.3 Å². The Balaban J connectivity index is 1.62. The molecule has 188 valence electrons. The van der Waals surface area contributed by atoms with Gasteiger partial charge in [-0.05, 0) is 55.5 Å². The molecule has 0 bridgehead atoms. The van der Waals surface area contributed by atoms with Crippen LogP contribution in [0.5, 0.6) is 0 Å². The lowest BCUT2D eigenvalue weighted by Crippen LogP contribution is -2.38. The highest BCUT2D eigenvalue weighted by atomic mass is 35.5. The molecule has 0 atom stereocenters. The van der Waals surface area contributed by atoms with E-state index in [9.17, 15) is 26.7 Å². The van der Waals surface area contributed by atoms with Crippen molar-refractivity contribution < 1.29 is 26.7 Å². The van der Waals surface area contributed by atoms with Crippen molar-refractivity contribution >= 4 is 39.2 Å². The van der Waals surface area contributed by atoms with Gasteiger partial charge in [-0.1, -0.05) is 23.7 Å². The fourth-order valence-electron chi connectivity index (χ4n) is 3.94. The molecule has 3 aromatic rings. The van der Waals surface area contributed by atoms with Gasteiger partial charge >= 0.3 is 6.18 Å². The summed E-state index contributed by atoms with van der Waals surface area (Å²) in [6.45, 7) is 0. The molecule has 1 saturated carbocycles. The molecular weight excluding hydrogens is 509 g/mol. The summed E-state index contributed by atoms with van der Waals surface area (Å²) in [7, 11) is -3.89. The molecule has 0 spiro atoms. The summed E-state index contributed by atoms with van der Waals surface area (Å²) in [5.41, 5.74) is 4.20. The van der Waals surface area contributed by atoms with Gasteiger partial charge in [0.15, 0.2) is 0 Å². The first-order valence-corrected chi connectivity index (χ1v) is 12.4. The topological polar surface area (TPSA) is 146 Å². The number of halogens is 4. The van der Waals surface area contributed by atoms with E-state index in [0.717, 1.165) is 6.07 Å². The second-order valence-electron chi connectivity index (χ2n) is 8.20. The van der Waals surface area contributed by atoms with E-state index in [4.69, 9.17) is 17.3 Å². The van der Waals surface area contributed by atoms with Gasteiger partial charge in [-0.3, -0.25) is 0 Å². The quantitative estimate of drug-likeness (QED) is 0.323. The molecule has 6 N–H and O–H groups in total. The Hall–Kier alpha value is -2.87. The Kier molecular flexibility index (Phi) is 6.95. The Labute approximate surface area is 204 Å². The summed E-state index contributed by atoms with van der Waals surface area (Å²) >= 11 is 6.25. The van der Waals surface area contributed by atoms with Crippen molar-refractivity contribution in [2.45, 2.75) is 48.9 Å². The number of aromatic amines is 1. The standard InChI is InChI=1S/C21H22ClF3N6O3S/c22-17-10-13(27-20-28-19(26)29-30-20)9-16(21(23,24)25)18(17)11-1-7-15(8-2-11)35(33,34)31-12-3-5-14(32)6-4-12/h1-2,7-10,12,14,31-32H,3-6H2,(H4,26,27,28,29,30)/t12-,14-. The Morgan fingerprint density at radius 2 is 1.77 bits per heavy atom. The van der Waals surface area contributed by atoms with E-state index < -0.39 is 27.9 Å². The summed E-state index contributed by atoms with van der Waals surface area (Å²) in [6, 6.07) is 6.84. The van der Waals surface area contributed by atoms with Crippen molar-refractivity contribution in [2.75, 3.05) is 11.1 Å². The third kappa shape index (κ3) is 5.86. The van der Waals surface area contributed by atoms with E-state index in [1.165, 1.54) is 30.3 Å². The van der Waals surface area contributed by atoms with Gasteiger partial charge in [0.25, 0.3) is 0 Å². The van der Waals surface area contributed by atoms with Crippen LogP contribution in [0.25, 0.3) is 11.1 Å². The van der Waals surface area contributed by atoms with Crippen molar-refractivity contribution in [3.63, 3.8) is 0 Å². The predicted octanol–water partition coefficient (Wildman–Crippen LogP) is 4.05. The summed E-state index contributed by atoms with van der Waals surface area (Å²) in [5, 5.41) is 18.1. The number of aliphatic hydroxyl groups excluding tert-OH is 1. The Morgan fingerprint density at radius 3 is 2.34 bits per heavy atom. The lowest BCUT2D eigenvalue weighted by molar-refractivity contribution is -0.137. The number of anilines is 3. The summed E-state index contributed by atoms with van der Waals surface area (Å²) in [4.78, 5) is 3.70. The third-order valence-electron chi connectivity index (χ3n) is 5.63. The van der Waals surface area contributed by atoms with Crippen LogP contribution in [0.4, 0.5) is 30.8 Å². The number of aliphatic hydroxyl groups is 1. The molecular formula is C21H22ClF3N6O3S. The molecule has 2 aromatic carbocycles. The van der Waals surface area contributed by atoms with Gasteiger partial charge in [-0.15, -0.1) is 5.10 Å². The van der Waals surface area contributed by atoms with E-state index in [0.29, 0.717) is 25.7 Å². The molecule has 35 heavy (non-hydrogen) atoms. The number of nitrogens with one attached hydrogen (secondary N) is 3. The van der Waals surface area contributed by atoms with Crippen molar-refractivity contribution in [3.8, 4) is 11.1 Å². The molecule has 1 fully saturated rings. The highest BCUT2D eigenvalue weighted by molar-refractivity contribution is 7.89. The predicted molar refractivity (Wildman–Crippen MR) is 125 cm³/mol. The van der Waals surface area contributed by atoms with Gasteiger partial charge in [0.2, 0.25) is 21.9 Å². The largest absolute Gasteiger partial charge is 0.417 e. The number of benzene rings is 2. The molecule has 14 heteroatoms. The van der Waals surface area contributed by atoms with Crippen LogP contribution in [0.1, 0.15) is 31.2 Å². The zero-order valence-corrected chi connectivity index (χ0v) is 19.7. The third-order valence-corrected chi connectivity index (χ3v) is 7.46. The molecule has 1 heterocycles. The van der Waals surface area contributed by atoms with Gasteiger partial charge in [-0.2, -0.15) is 18.2 Å². The molecule has 0 aliphatic heterocycles. The van der Waals surface area contributed by atoms with E-state index in [1.807, 2.05) is 0 Å². The monoisotopic (exact) mass is 530 g/mol. The summed E-state index contributed by atoms with van der Waals surface area (Å²) in [5.74, 6) is -0.0501. The van der Waals surface area contributed by atoms with E-state index >= 15 is 0 Å². The minimum Gasteiger partial charge on any atom is -0.393 e. The lowest BCUT2D eigenvalue weighted by atomic mass is 9.94. The number of rotatable bonds is 6. The fraction of sp³-hybridized carbons (Fsp3) is 0.333. The van der Waals surface area contributed by atoms with Gasteiger partial charge in [0, 0.05) is 17.3 Å². The van der Waals surface area contributed by atoms with Crippen LogP contribution in [0, 0.1) is 0 Å². The zero-order chi connectivity index (χ0) is 25.4. The van der Waals surface area contributed by atoms with Crippen molar-refractivity contribution in [1.29, 1.82) is 0 Å². The summed E-state index contributed by atoms with van der Waals surface area (Å²) in [6.07, 6.45) is -3.18. The molecule has 1 aliphatic carbocycles. The average molecular weight is 531 g/mol. The van der Waals surface area contributed by atoms with Crippen LogP contribution >= 0.6 is 11.6 Å². The number of sulfonamides is 1. The SMILES string of the molecule is Nc1nc(Nc2cc(Cl)c(-c3ccc(S(=O)(=O)N[C@H]4CC[C@H](O)CC4)cc3)c(C(F)(F)F)c2)n[nH]1. The first-order chi connectivity index (χ1) is 16.4. The molecule has 9 nitrogen and oxygen atoms in total. The number of nitrogens with zero attached hydrogens (tertiary/aromatic N) is 2. The molecule has 4 rings (SSSR count). The summed E-state index contributed by atoms with van der Waals surface area (Å²) < 4.78 is 69.8. The van der Waals surface area contributed by atoms with Crippen LogP contribution in [0.3, 0.4) is 0 Å². The van der Waals surface area contributed by atoms with Crippen molar-refractivity contribution in [1.82, 2.24) is 19.9 Å². The second kappa shape index (κ2) is 9.64. The highest BCUT2D eigenvalue weighted by Gasteiger charge is 2.35. The molecule has 0 saturated heterocycles. The molecule has 0 unspecified atom stereocenters. The normalized spacial score (nSPS) is 19.0. The number of nitrogens with two attached hydrogens (primary N) is 1. The van der Waals surface area contributed by atoms with E-state index in [1.54, 1.807) is 0 Å². The first-order valence-electron chi connectivity index (χ1n) is 10.6. The van der Waals surface area contributed by atoms with Crippen LogP contribution in [0.2, 0.25) is 5.02 Å². The van der Waals surface area contributed by atoms with Gasteiger partial charge < -0.3 is 16.2 Å². The Bertz CT molecular complexity index is 1310. The van der Waals surface area contributed by atoms with Crippen molar-refractivity contribution in [2.24, 2.45) is 0 Å². The van der Waals surface area contributed by atoms with Gasteiger partial charge in [0.1, 0.15) is 0 Å². The minimum absolute atomic E-state index is 0.00827. The van der Waals surface area contributed by atoms with E-state index in [2.05, 4.69) is 25.2 Å². The van der Waals surface area contributed by atoms with Crippen LogP contribution in [-0.4, -0.2) is 40.9 Å².